The van der Waals surface area contributed by atoms with Crippen LogP contribution in [-0.4, -0.2) is 31.2 Å². The van der Waals surface area contributed by atoms with Crippen molar-refractivity contribution >= 4 is 38.7 Å². The fourth-order valence-corrected chi connectivity index (χ4v) is 8.21. The number of sulfone groups is 1. The molecule has 0 unspecified atom stereocenters. The molecule has 0 bridgehead atoms. The molecule has 1 fully saturated rings. The fourth-order valence-electron chi connectivity index (χ4n) is 4.43. The first-order chi connectivity index (χ1) is 16.8. The van der Waals surface area contributed by atoms with Crippen molar-refractivity contribution in [1.29, 1.82) is 0 Å². The predicted molar refractivity (Wildman–Crippen MR) is 136 cm³/mol. The molecular formula is C25H27N3O5S2. The van der Waals surface area contributed by atoms with E-state index in [2.05, 4.69) is 5.32 Å². The van der Waals surface area contributed by atoms with Crippen LogP contribution in [0, 0.1) is 0 Å². The molecular weight excluding hydrogens is 486 g/mol. The van der Waals surface area contributed by atoms with Crippen molar-refractivity contribution in [2.45, 2.75) is 36.5 Å². The molecule has 184 valence electrons. The highest BCUT2D eigenvalue weighted by atomic mass is 32.2. The minimum absolute atomic E-state index is 0.00211. The van der Waals surface area contributed by atoms with Gasteiger partial charge in [0.25, 0.3) is 0 Å². The van der Waals surface area contributed by atoms with Crippen LogP contribution >= 0.6 is 11.3 Å². The Kier molecular flexibility index (Phi) is 7.36. The Labute approximate surface area is 208 Å². The van der Waals surface area contributed by atoms with E-state index in [0.717, 1.165) is 10.4 Å². The van der Waals surface area contributed by atoms with E-state index in [1.807, 2.05) is 30.3 Å². The Balaban J connectivity index is 1.60. The molecule has 0 saturated carbocycles. The molecule has 10 heteroatoms. The molecule has 1 aliphatic rings. The minimum atomic E-state index is -3.60. The average molecular weight is 514 g/mol. The molecule has 2 atom stereocenters. The van der Waals surface area contributed by atoms with Crippen LogP contribution < -0.4 is 16.5 Å². The van der Waals surface area contributed by atoms with Crippen molar-refractivity contribution in [2.75, 3.05) is 11.1 Å². The Hall–Kier alpha value is -3.05. The Morgan fingerprint density at radius 3 is 2.54 bits per heavy atom. The predicted octanol–water partition coefficient (Wildman–Crippen LogP) is 3.74. The maximum Gasteiger partial charge on any atom is 0.245 e. The van der Waals surface area contributed by atoms with Crippen LogP contribution in [0.1, 0.15) is 42.2 Å². The molecule has 2 aromatic carbocycles. The number of benzene rings is 2. The van der Waals surface area contributed by atoms with Gasteiger partial charge in [0, 0.05) is 15.4 Å². The number of rotatable bonds is 7. The highest BCUT2D eigenvalue weighted by molar-refractivity contribution is 7.92. The number of carbonyl (C=O) groups is 2. The third kappa shape index (κ3) is 5.15. The van der Waals surface area contributed by atoms with Crippen molar-refractivity contribution in [3.8, 4) is 10.4 Å². The molecule has 35 heavy (non-hydrogen) atoms. The van der Waals surface area contributed by atoms with Crippen LogP contribution in [0.2, 0.25) is 0 Å². The van der Waals surface area contributed by atoms with E-state index in [9.17, 15) is 18.0 Å². The number of amides is 2. The molecule has 2 heterocycles. The fraction of sp³-hybridized carbons (Fsp3) is 0.280. The molecule has 1 aliphatic heterocycles. The van der Waals surface area contributed by atoms with E-state index in [0.29, 0.717) is 35.4 Å². The van der Waals surface area contributed by atoms with E-state index in [4.69, 9.17) is 10.9 Å². The number of anilines is 1. The number of thiophene rings is 1. The summed E-state index contributed by atoms with van der Waals surface area (Å²) in [6.45, 7) is 0. The Morgan fingerprint density at radius 1 is 1.06 bits per heavy atom. The molecule has 5 N–H and O–H groups in total. The SMILES string of the molecule is N[C@@H](C(=O)Nc1cccc(-c2ccc([C@@]3(CC(=O)NO)CCCCS3(=O)=O)s2)c1)c1ccccc1. The molecule has 0 spiro atoms. The van der Waals surface area contributed by atoms with Crippen molar-refractivity contribution in [2.24, 2.45) is 5.73 Å². The summed E-state index contributed by atoms with van der Waals surface area (Å²) >= 11 is 1.30. The van der Waals surface area contributed by atoms with E-state index in [1.165, 1.54) is 11.3 Å². The van der Waals surface area contributed by atoms with Gasteiger partial charge in [-0.15, -0.1) is 11.3 Å². The number of hydrogen-bond donors (Lipinski definition) is 4. The minimum Gasteiger partial charge on any atom is -0.324 e. The van der Waals surface area contributed by atoms with E-state index >= 15 is 0 Å². The maximum atomic E-state index is 13.1. The van der Waals surface area contributed by atoms with Gasteiger partial charge >= 0.3 is 0 Å². The van der Waals surface area contributed by atoms with Gasteiger partial charge in [-0.1, -0.05) is 48.9 Å². The zero-order chi connectivity index (χ0) is 25.1. The number of nitrogens with two attached hydrogens (primary N) is 1. The van der Waals surface area contributed by atoms with Gasteiger partial charge in [-0.3, -0.25) is 14.8 Å². The Morgan fingerprint density at radius 2 is 1.83 bits per heavy atom. The number of nitrogens with one attached hydrogen (secondary N) is 2. The lowest BCUT2D eigenvalue weighted by Crippen LogP contribution is -2.43. The van der Waals surface area contributed by atoms with Gasteiger partial charge in [-0.2, -0.15) is 0 Å². The molecule has 1 saturated heterocycles. The summed E-state index contributed by atoms with van der Waals surface area (Å²) in [5.41, 5.74) is 9.74. The van der Waals surface area contributed by atoms with E-state index in [-0.39, 0.29) is 18.1 Å². The smallest absolute Gasteiger partial charge is 0.245 e. The second kappa shape index (κ2) is 10.3. The summed E-state index contributed by atoms with van der Waals surface area (Å²) in [7, 11) is -3.60. The van der Waals surface area contributed by atoms with E-state index < -0.39 is 26.5 Å². The zero-order valence-corrected chi connectivity index (χ0v) is 20.6. The average Bonchev–Trinajstić information content (AvgIpc) is 3.36. The van der Waals surface area contributed by atoms with Gasteiger partial charge in [0.05, 0.1) is 12.2 Å². The van der Waals surface area contributed by atoms with Crippen molar-refractivity contribution in [3.63, 3.8) is 0 Å². The summed E-state index contributed by atoms with van der Waals surface area (Å²) in [6.07, 6.45) is 1.21. The van der Waals surface area contributed by atoms with Crippen LogP contribution in [0.15, 0.2) is 66.7 Å². The van der Waals surface area contributed by atoms with Gasteiger partial charge in [-0.25, -0.2) is 13.9 Å². The van der Waals surface area contributed by atoms with Crippen LogP contribution in [0.25, 0.3) is 10.4 Å². The van der Waals surface area contributed by atoms with E-state index in [1.54, 1.807) is 41.9 Å². The number of hydroxylamine groups is 1. The van der Waals surface area contributed by atoms with Crippen LogP contribution in [0.4, 0.5) is 5.69 Å². The second-order valence-corrected chi connectivity index (χ2v) is 12.1. The number of carbonyl (C=O) groups excluding carboxylic acids is 2. The highest BCUT2D eigenvalue weighted by Crippen LogP contribution is 2.47. The van der Waals surface area contributed by atoms with Gasteiger partial charge < -0.3 is 11.1 Å². The van der Waals surface area contributed by atoms with Gasteiger partial charge in [0.15, 0.2) is 9.84 Å². The first-order valence-corrected chi connectivity index (χ1v) is 13.7. The molecule has 0 aliphatic carbocycles. The van der Waals surface area contributed by atoms with Crippen LogP contribution in [0.3, 0.4) is 0 Å². The highest BCUT2D eigenvalue weighted by Gasteiger charge is 2.49. The lowest BCUT2D eigenvalue weighted by Gasteiger charge is -2.35. The van der Waals surface area contributed by atoms with Crippen molar-refractivity contribution < 1.29 is 23.2 Å². The summed E-state index contributed by atoms with van der Waals surface area (Å²) in [5.74, 6) is -1.07. The summed E-state index contributed by atoms with van der Waals surface area (Å²) in [5, 5.41) is 11.9. The molecule has 2 amide bonds. The largest absolute Gasteiger partial charge is 0.324 e. The monoisotopic (exact) mass is 513 g/mol. The zero-order valence-electron chi connectivity index (χ0n) is 18.9. The quantitative estimate of drug-likeness (QED) is 0.280. The molecule has 8 nitrogen and oxygen atoms in total. The molecule has 1 aromatic heterocycles. The van der Waals surface area contributed by atoms with Crippen molar-refractivity contribution in [1.82, 2.24) is 5.48 Å². The molecule has 3 aromatic rings. The lowest BCUT2D eigenvalue weighted by atomic mass is 9.94. The third-order valence-electron chi connectivity index (χ3n) is 6.32. The maximum absolute atomic E-state index is 13.1. The molecule has 4 rings (SSSR count). The Bertz CT molecular complexity index is 1320. The number of hydrogen-bond acceptors (Lipinski definition) is 7. The van der Waals surface area contributed by atoms with Gasteiger partial charge in [-0.05, 0) is 48.2 Å². The van der Waals surface area contributed by atoms with Gasteiger partial charge in [0.2, 0.25) is 11.8 Å². The van der Waals surface area contributed by atoms with Crippen LogP contribution in [-0.2, 0) is 24.2 Å². The first-order valence-electron chi connectivity index (χ1n) is 11.2. The van der Waals surface area contributed by atoms with Gasteiger partial charge in [0.1, 0.15) is 10.8 Å². The third-order valence-corrected chi connectivity index (χ3v) is 10.4. The van der Waals surface area contributed by atoms with Crippen molar-refractivity contribution in [3.05, 3.63) is 77.2 Å². The van der Waals surface area contributed by atoms with Crippen LogP contribution in [0.5, 0.6) is 0 Å². The normalized spacial score (nSPS) is 20.1. The standard InChI is InChI=1S/C25H27N3O5S2/c26-23(17-7-2-1-3-8-17)24(30)27-19-10-6-9-18(15-19)20-11-12-21(34-20)25(16-22(29)28-31)13-4-5-14-35(25,32)33/h1-3,6-12,15,23,31H,4-5,13-14,16,26H2,(H,27,30)(H,28,29)/t23-,25+/m1/s1. The summed E-state index contributed by atoms with van der Waals surface area (Å²) < 4.78 is 24.9. The summed E-state index contributed by atoms with van der Waals surface area (Å²) in [4.78, 5) is 26.1. The molecule has 0 radical (unpaired) electrons. The topological polar surface area (TPSA) is 139 Å². The summed E-state index contributed by atoms with van der Waals surface area (Å²) in [6, 6.07) is 19.0. The lowest BCUT2D eigenvalue weighted by molar-refractivity contribution is -0.130. The second-order valence-electron chi connectivity index (χ2n) is 8.60. The first kappa shape index (κ1) is 25.1.